The lowest BCUT2D eigenvalue weighted by Gasteiger charge is -2.12. The topological polar surface area (TPSA) is 84.5 Å². The second kappa shape index (κ2) is 10.3. The van der Waals surface area contributed by atoms with E-state index in [2.05, 4.69) is 10.6 Å². The Hall–Kier alpha value is -2.80. The smallest absolute Gasteiger partial charge is 0.319 e. The monoisotopic (exact) mass is 426 g/mol. The van der Waals surface area contributed by atoms with Gasteiger partial charge >= 0.3 is 5.97 Å². The Labute approximate surface area is 180 Å². The summed E-state index contributed by atoms with van der Waals surface area (Å²) in [5.41, 5.74) is 5.13. The Morgan fingerprint density at radius 2 is 1.63 bits per heavy atom. The summed E-state index contributed by atoms with van der Waals surface area (Å²) in [7, 11) is 0. The van der Waals surface area contributed by atoms with Crippen LogP contribution in [0, 0.1) is 6.92 Å². The number of rotatable bonds is 8. The molecule has 0 fully saturated rings. The average molecular weight is 427 g/mol. The van der Waals surface area contributed by atoms with Crippen molar-refractivity contribution in [1.29, 1.82) is 0 Å². The fourth-order valence-electron chi connectivity index (χ4n) is 3.20. The van der Waals surface area contributed by atoms with Crippen molar-refractivity contribution >= 4 is 40.9 Å². The number of carbonyl (C=O) groups is 3. The van der Waals surface area contributed by atoms with Gasteiger partial charge in [0.2, 0.25) is 5.91 Å². The van der Waals surface area contributed by atoms with Crippen molar-refractivity contribution in [3.05, 3.63) is 59.2 Å². The summed E-state index contributed by atoms with van der Waals surface area (Å²) in [6.07, 6.45) is 3.25. The van der Waals surface area contributed by atoms with Crippen LogP contribution >= 0.6 is 11.8 Å². The van der Waals surface area contributed by atoms with Gasteiger partial charge in [0.1, 0.15) is 5.25 Å². The van der Waals surface area contributed by atoms with Gasteiger partial charge in [-0.3, -0.25) is 14.4 Å². The van der Waals surface area contributed by atoms with E-state index in [1.807, 2.05) is 49.4 Å². The van der Waals surface area contributed by atoms with E-state index in [9.17, 15) is 14.4 Å². The predicted octanol–water partition coefficient (Wildman–Crippen LogP) is 3.73. The van der Waals surface area contributed by atoms with Crippen molar-refractivity contribution in [1.82, 2.24) is 0 Å². The number of esters is 1. The van der Waals surface area contributed by atoms with Crippen LogP contribution in [0.15, 0.2) is 42.5 Å². The molecule has 30 heavy (non-hydrogen) atoms. The van der Waals surface area contributed by atoms with Crippen molar-refractivity contribution in [2.75, 3.05) is 23.0 Å². The van der Waals surface area contributed by atoms with Crippen molar-refractivity contribution in [2.45, 2.75) is 38.4 Å². The molecule has 1 aliphatic rings. The van der Waals surface area contributed by atoms with Crippen LogP contribution < -0.4 is 10.6 Å². The maximum absolute atomic E-state index is 12.1. The molecule has 0 heterocycles. The summed E-state index contributed by atoms with van der Waals surface area (Å²) in [5.74, 6) is -0.980. The Kier molecular flexibility index (Phi) is 7.52. The third-order valence-corrected chi connectivity index (χ3v) is 5.98. The molecule has 2 N–H and O–H groups in total. The number of ether oxygens (including phenoxy) is 1. The third-order valence-electron chi connectivity index (χ3n) is 4.86. The van der Waals surface area contributed by atoms with Gasteiger partial charge in [-0.05, 0) is 68.5 Å². The van der Waals surface area contributed by atoms with Gasteiger partial charge < -0.3 is 15.4 Å². The first-order valence-corrected chi connectivity index (χ1v) is 11.0. The number of amides is 2. The number of hydrogen-bond acceptors (Lipinski definition) is 5. The van der Waals surface area contributed by atoms with E-state index in [1.165, 1.54) is 22.9 Å². The molecule has 6 nitrogen and oxygen atoms in total. The standard InChI is InChI=1S/C23H26N2O4S/c1-15-6-9-19(10-7-15)24-22(27)14-30-16(2)23(28)29-13-21(26)25-20-11-8-17-4-3-5-18(17)12-20/h6-12,16H,3-5,13-14H2,1-2H3,(H,24,27)(H,25,26). The summed E-state index contributed by atoms with van der Waals surface area (Å²) < 4.78 is 5.09. The van der Waals surface area contributed by atoms with E-state index in [1.54, 1.807) is 6.92 Å². The first-order chi connectivity index (χ1) is 14.4. The van der Waals surface area contributed by atoms with Crippen LogP contribution in [-0.2, 0) is 32.0 Å². The molecule has 1 atom stereocenters. The van der Waals surface area contributed by atoms with Crippen LogP contribution in [0.1, 0.15) is 30.0 Å². The average Bonchev–Trinajstić information content (AvgIpc) is 3.19. The van der Waals surface area contributed by atoms with Gasteiger partial charge in [0.05, 0.1) is 5.75 Å². The van der Waals surface area contributed by atoms with Gasteiger partial charge in [-0.15, -0.1) is 11.8 Å². The molecule has 2 aromatic carbocycles. The highest BCUT2D eigenvalue weighted by Crippen LogP contribution is 2.24. The quantitative estimate of drug-likeness (QED) is 0.629. The minimum absolute atomic E-state index is 0.117. The van der Waals surface area contributed by atoms with E-state index >= 15 is 0 Å². The van der Waals surface area contributed by atoms with E-state index in [0.29, 0.717) is 11.4 Å². The minimum atomic E-state index is -0.554. The number of anilines is 2. The van der Waals surface area contributed by atoms with E-state index in [0.717, 1.165) is 24.8 Å². The number of hydrogen-bond donors (Lipinski definition) is 2. The van der Waals surface area contributed by atoms with Gasteiger partial charge in [-0.25, -0.2) is 0 Å². The molecule has 158 valence electrons. The van der Waals surface area contributed by atoms with E-state index < -0.39 is 11.2 Å². The molecule has 1 aliphatic carbocycles. The van der Waals surface area contributed by atoms with Gasteiger partial charge in [0.15, 0.2) is 6.61 Å². The Morgan fingerprint density at radius 1 is 0.967 bits per heavy atom. The summed E-state index contributed by atoms with van der Waals surface area (Å²) in [6, 6.07) is 13.4. The van der Waals surface area contributed by atoms with Crippen LogP contribution in [0.4, 0.5) is 11.4 Å². The van der Waals surface area contributed by atoms with Gasteiger partial charge in [-0.2, -0.15) is 0 Å². The molecule has 0 aliphatic heterocycles. The fraction of sp³-hybridized carbons (Fsp3) is 0.348. The lowest BCUT2D eigenvalue weighted by molar-refractivity contribution is -0.146. The molecular weight excluding hydrogens is 400 g/mol. The SMILES string of the molecule is Cc1ccc(NC(=O)CSC(C)C(=O)OCC(=O)Nc2ccc3c(c2)CCC3)cc1. The molecule has 0 spiro atoms. The highest BCUT2D eigenvalue weighted by atomic mass is 32.2. The molecule has 0 saturated carbocycles. The molecule has 2 amide bonds. The highest BCUT2D eigenvalue weighted by Gasteiger charge is 2.18. The van der Waals surface area contributed by atoms with E-state index in [4.69, 9.17) is 4.74 Å². The number of benzene rings is 2. The predicted molar refractivity (Wildman–Crippen MR) is 120 cm³/mol. The Morgan fingerprint density at radius 3 is 2.40 bits per heavy atom. The first kappa shape index (κ1) is 21.9. The largest absolute Gasteiger partial charge is 0.455 e. The number of carbonyl (C=O) groups excluding carboxylic acids is 3. The third kappa shape index (κ3) is 6.35. The lowest BCUT2D eigenvalue weighted by Crippen LogP contribution is -2.26. The van der Waals surface area contributed by atoms with Crippen LogP contribution in [0.2, 0.25) is 0 Å². The number of fused-ring (bicyclic) bond motifs is 1. The van der Waals surface area contributed by atoms with Crippen molar-refractivity contribution in [3.63, 3.8) is 0 Å². The zero-order valence-electron chi connectivity index (χ0n) is 17.2. The fourth-order valence-corrected chi connectivity index (χ4v) is 3.88. The number of thioether (sulfide) groups is 1. The summed E-state index contributed by atoms with van der Waals surface area (Å²) in [5, 5.41) is 4.99. The second-order valence-electron chi connectivity index (χ2n) is 7.36. The van der Waals surface area contributed by atoms with Gasteiger partial charge in [-0.1, -0.05) is 23.8 Å². The molecule has 0 aromatic heterocycles. The Bertz CT molecular complexity index is 927. The van der Waals surface area contributed by atoms with Gasteiger partial charge in [0, 0.05) is 11.4 Å². The molecule has 1 unspecified atom stereocenters. The Balaban J connectivity index is 1.37. The van der Waals surface area contributed by atoms with Crippen LogP contribution in [0.25, 0.3) is 0 Å². The number of nitrogens with one attached hydrogen (secondary N) is 2. The zero-order valence-corrected chi connectivity index (χ0v) is 18.0. The summed E-state index contributed by atoms with van der Waals surface area (Å²) >= 11 is 1.17. The van der Waals surface area contributed by atoms with Crippen molar-refractivity contribution < 1.29 is 19.1 Å². The molecule has 7 heteroatoms. The molecule has 0 radical (unpaired) electrons. The summed E-state index contributed by atoms with van der Waals surface area (Å²) in [4.78, 5) is 36.2. The first-order valence-electron chi connectivity index (χ1n) is 9.97. The normalized spacial score (nSPS) is 13.3. The summed E-state index contributed by atoms with van der Waals surface area (Å²) in [6.45, 7) is 3.28. The lowest BCUT2D eigenvalue weighted by atomic mass is 10.1. The van der Waals surface area contributed by atoms with Crippen LogP contribution in [-0.4, -0.2) is 35.4 Å². The molecule has 3 rings (SSSR count). The molecule has 0 bridgehead atoms. The molecule has 2 aromatic rings. The van der Waals surface area contributed by atoms with Crippen molar-refractivity contribution in [2.24, 2.45) is 0 Å². The van der Waals surface area contributed by atoms with Crippen LogP contribution in [0.3, 0.4) is 0 Å². The second-order valence-corrected chi connectivity index (χ2v) is 8.69. The molecule has 0 saturated heterocycles. The minimum Gasteiger partial charge on any atom is -0.455 e. The van der Waals surface area contributed by atoms with Gasteiger partial charge in [0.25, 0.3) is 5.91 Å². The van der Waals surface area contributed by atoms with Crippen molar-refractivity contribution in [3.8, 4) is 0 Å². The van der Waals surface area contributed by atoms with Crippen LogP contribution in [0.5, 0.6) is 0 Å². The molecular formula is C23H26N2O4S. The van der Waals surface area contributed by atoms with E-state index in [-0.39, 0.29) is 24.2 Å². The highest BCUT2D eigenvalue weighted by molar-refractivity contribution is 8.01. The maximum atomic E-state index is 12.1. The maximum Gasteiger partial charge on any atom is 0.319 e. The number of aryl methyl sites for hydroxylation is 3. The zero-order chi connectivity index (χ0) is 21.5.